The molecule has 1 N–H and O–H groups in total. The second-order valence-electron chi connectivity index (χ2n) is 1.88. The zero-order valence-electron chi connectivity index (χ0n) is 7.69. The summed E-state index contributed by atoms with van der Waals surface area (Å²) >= 11 is 0. The molecule has 6 nitrogen and oxygen atoms in total. The molecule has 0 atom stereocenters. The van der Waals surface area contributed by atoms with Crippen LogP contribution in [0, 0.1) is 0 Å². The van der Waals surface area contributed by atoms with Gasteiger partial charge in [-0.2, -0.15) is 8.42 Å². The fourth-order valence-corrected chi connectivity index (χ4v) is 2.64. The van der Waals surface area contributed by atoms with Crippen LogP contribution in [0.2, 0.25) is 0 Å². The topological polar surface area (TPSA) is 112 Å². The van der Waals surface area contributed by atoms with Crippen molar-refractivity contribution in [2.45, 2.75) is 0 Å². The molecule has 0 aromatic carbocycles. The summed E-state index contributed by atoms with van der Waals surface area (Å²) in [6, 6.07) is 0. The van der Waals surface area contributed by atoms with Crippen LogP contribution in [0.3, 0.4) is 0 Å². The van der Waals surface area contributed by atoms with Crippen LogP contribution in [-0.2, 0) is 18.3 Å². The van der Waals surface area contributed by atoms with E-state index >= 15 is 0 Å². The molecule has 0 bridgehead atoms. The van der Waals surface area contributed by atoms with Crippen molar-refractivity contribution in [2.24, 2.45) is 0 Å². The summed E-state index contributed by atoms with van der Waals surface area (Å²) in [6.45, 7) is 0. The van der Waals surface area contributed by atoms with E-state index in [1.54, 1.807) is 0 Å². The quantitative estimate of drug-likeness (QED) is 0.244. The van der Waals surface area contributed by atoms with Crippen molar-refractivity contribution in [3.8, 4) is 0 Å². The Morgan fingerprint density at radius 1 is 1.07 bits per heavy atom. The summed E-state index contributed by atoms with van der Waals surface area (Å²) in [7, 11) is -7.86. The molecule has 0 radical (unpaired) electrons. The monoisotopic (exact) mass is 302 g/mol. The van der Waals surface area contributed by atoms with E-state index in [9.17, 15) is 21.4 Å². The maximum Gasteiger partial charge on any atom is 1.00 e. The second-order valence-corrected chi connectivity index (χ2v) is 8.59. The van der Waals surface area contributed by atoms with Crippen LogP contribution in [0.15, 0.2) is 12.2 Å². The molecule has 0 aromatic heterocycles. The van der Waals surface area contributed by atoms with E-state index in [1.165, 1.54) is 12.2 Å². The summed E-state index contributed by atoms with van der Waals surface area (Å²) in [4.78, 5) is 0. The van der Waals surface area contributed by atoms with Gasteiger partial charge >= 0.3 is 38.7 Å². The molecule has 0 rings (SSSR count). The fraction of sp³-hybridized carbons (Fsp3) is 0.500. The number of hydrogen-bond donors (Lipinski definition) is 1. The number of rotatable bonds is 6. The van der Waals surface area contributed by atoms with Gasteiger partial charge < -0.3 is 4.55 Å². The molecule has 0 spiro atoms. The molecule has 0 aromatic rings. The Bertz CT molecular complexity index is 345. The van der Waals surface area contributed by atoms with Gasteiger partial charge in [0.05, 0.1) is 0 Å². The third-order valence-electron chi connectivity index (χ3n) is 0.788. The van der Waals surface area contributed by atoms with Gasteiger partial charge in [0, 0.05) is 22.3 Å². The van der Waals surface area contributed by atoms with Gasteiger partial charge in [0.25, 0.3) is 0 Å². The van der Waals surface area contributed by atoms with E-state index in [-0.39, 0.29) is 51.9 Å². The first-order valence-electron chi connectivity index (χ1n) is 3.08. The van der Waals surface area contributed by atoms with E-state index in [0.29, 0.717) is 10.8 Å². The van der Waals surface area contributed by atoms with Gasteiger partial charge in [-0.3, -0.25) is 4.55 Å². The summed E-state index contributed by atoms with van der Waals surface area (Å²) in [5.74, 6) is -0.0455. The summed E-state index contributed by atoms with van der Waals surface area (Å²) < 4.78 is 58.7. The largest absolute Gasteiger partial charge is 1.00 e. The first-order chi connectivity index (χ1) is 6.21. The van der Waals surface area contributed by atoms with Gasteiger partial charge in [-0.1, -0.05) is 12.2 Å². The van der Waals surface area contributed by atoms with Gasteiger partial charge in [-0.05, 0) is 10.8 Å². The maximum absolute atomic E-state index is 10.2. The SMILES string of the molecule is O=S(=O)([O-])SC/C=C\CSS(=O)(=O)O.[Na+]. The molecular formula is C4H7NaO6S4. The predicted molar refractivity (Wildman–Crippen MR) is 55.3 cm³/mol. The Kier molecular flexibility index (Phi) is 10.4. The van der Waals surface area contributed by atoms with Crippen molar-refractivity contribution >= 4 is 39.9 Å². The van der Waals surface area contributed by atoms with Crippen molar-refractivity contribution < 1.29 is 55.5 Å². The van der Waals surface area contributed by atoms with E-state index in [4.69, 9.17) is 4.55 Å². The zero-order chi connectivity index (χ0) is 11.2. The Balaban J connectivity index is 0. The van der Waals surface area contributed by atoms with Crippen LogP contribution in [0.5, 0.6) is 0 Å². The van der Waals surface area contributed by atoms with Crippen LogP contribution in [0.1, 0.15) is 0 Å². The third kappa shape index (κ3) is 17.9. The van der Waals surface area contributed by atoms with E-state index in [2.05, 4.69) is 0 Å². The van der Waals surface area contributed by atoms with E-state index < -0.39 is 18.3 Å². The Labute approximate surface area is 118 Å². The molecule has 0 saturated heterocycles. The average Bonchev–Trinajstić information content (AvgIpc) is 1.92. The molecule has 11 heteroatoms. The van der Waals surface area contributed by atoms with E-state index in [1.807, 2.05) is 0 Å². The molecular weight excluding hydrogens is 295 g/mol. The normalized spacial score (nSPS) is 12.7. The van der Waals surface area contributed by atoms with Crippen molar-refractivity contribution in [1.29, 1.82) is 0 Å². The van der Waals surface area contributed by atoms with E-state index in [0.717, 1.165) is 0 Å². The predicted octanol–water partition coefficient (Wildman–Crippen LogP) is -2.72. The standard InChI is InChI=1S/C4H8O6S4.Na/c5-13(6,7)11-3-1-2-4-12-14(8,9)10;/h1-2H,3-4H2,(H,5,6,7)(H,8,9,10);/q;+1/p-1/b2-1-;. The smallest absolute Gasteiger partial charge is 0.739 e. The Hall–Kier alpha value is 1.26. The first kappa shape index (κ1) is 18.6. The van der Waals surface area contributed by atoms with Gasteiger partial charge in [0.1, 0.15) is 9.15 Å². The maximum atomic E-state index is 10.2. The van der Waals surface area contributed by atoms with Crippen molar-refractivity contribution in [1.82, 2.24) is 0 Å². The third-order valence-corrected chi connectivity index (χ3v) is 4.61. The van der Waals surface area contributed by atoms with Gasteiger partial charge in [-0.15, -0.1) is 0 Å². The average molecular weight is 302 g/mol. The first-order valence-corrected chi connectivity index (χ1v) is 8.93. The minimum Gasteiger partial charge on any atom is -0.739 e. The molecule has 84 valence electrons. The molecule has 0 fully saturated rings. The van der Waals surface area contributed by atoms with Crippen LogP contribution in [0.4, 0.5) is 0 Å². The molecule has 0 amide bonds. The summed E-state index contributed by atoms with van der Waals surface area (Å²) in [5, 5.41) is 0. The van der Waals surface area contributed by atoms with Crippen molar-refractivity contribution in [2.75, 3.05) is 11.5 Å². The van der Waals surface area contributed by atoms with Crippen molar-refractivity contribution in [3.05, 3.63) is 12.2 Å². The molecule has 15 heavy (non-hydrogen) atoms. The summed E-state index contributed by atoms with van der Waals surface area (Å²) in [5.41, 5.74) is 0. The minimum absolute atomic E-state index is 0. The Morgan fingerprint density at radius 3 is 1.80 bits per heavy atom. The Morgan fingerprint density at radius 2 is 1.47 bits per heavy atom. The second kappa shape index (κ2) is 8.37. The fourth-order valence-electron chi connectivity index (χ4n) is 0.384. The van der Waals surface area contributed by atoms with Crippen LogP contribution in [-0.4, -0.2) is 37.4 Å². The van der Waals surface area contributed by atoms with Gasteiger partial charge in [-0.25, -0.2) is 8.42 Å². The molecule has 0 aliphatic heterocycles. The molecule has 0 unspecified atom stereocenters. The molecule has 0 saturated carbocycles. The van der Waals surface area contributed by atoms with Crippen LogP contribution < -0.4 is 29.6 Å². The summed E-state index contributed by atoms with van der Waals surface area (Å²) in [6.07, 6.45) is 2.68. The van der Waals surface area contributed by atoms with Crippen molar-refractivity contribution in [3.63, 3.8) is 0 Å². The molecule has 0 aliphatic rings. The molecule has 0 aliphatic carbocycles. The van der Waals surface area contributed by atoms with Gasteiger partial charge in [0.15, 0.2) is 0 Å². The molecule has 0 heterocycles. The minimum atomic E-state index is -4.30. The van der Waals surface area contributed by atoms with Gasteiger partial charge in [0.2, 0.25) is 0 Å². The van der Waals surface area contributed by atoms with Crippen LogP contribution >= 0.6 is 21.6 Å². The van der Waals surface area contributed by atoms with Crippen LogP contribution in [0.25, 0.3) is 0 Å². The number of hydrogen-bond acceptors (Lipinski definition) is 7. The zero-order valence-corrected chi connectivity index (χ0v) is 13.0.